The fourth-order valence-corrected chi connectivity index (χ4v) is 11.9. The molecule has 1 amide bonds. The Morgan fingerprint density at radius 1 is 0.893 bits per heavy atom. The molecule has 5 heterocycles. The first-order valence-electron chi connectivity index (χ1n) is 20.1. The predicted octanol–water partition coefficient (Wildman–Crippen LogP) is 10.4. The number of carbonyl (C=O) groups excluding carboxylic acids is 1. The van der Waals surface area contributed by atoms with E-state index in [-0.39, 0.29) is 24.2 Å². The predicted molar refractivity (Wildman–Crippen MR) is 228 cm³/mol. The average molecular weight is 759 g/mol. The van der Waals surface area contributed by atoms with Crippen LogP contribution in [0.15, 0.2) is 122 Å². The Morgan fingerprint density at radius 2 is 1.62 bits per heavy atom. The van der Waals surface area contributed by atoms with Crippen molar-refractivity contribution < 1.29 is 9.53 Å². The second kappa shape index (κ2) is 14.5. The number of aryl methyl sites for hydroxylation is 1. The summed E-state index contributed by atoms with van der Waals surface area (Å²) in [7, 11) is -1.70. The Kier molecular flexibility index (Phi) is 9.30. The zero-order valence-electron chi connectivity index (χ0n) is 32.9. The van der Waals surface area contributed by atoms with Crippen LogP contribution in [0.5, 0.6) is 5.75 Å². The van der Waals surface area contributed by atoms with Crippen LogP contribution in [-0.4, -0.2) is 62.6 Å². The summed E-state index contributed by atoms with van der Waals surface area (Å²) in [5.74, 6) is 1.91. The molecule has 9 rings (SSSR count). The normalized spacial score (nSPS) is 17.9. The maximum atomic E-state index is 14.7. The molecule has 0 radical (unpaired) electrons. The molecular formula is C47H50N6O2Si. The third-order valence-electron chi connectivity index (χ3n) is 11.9. The largest absolute Gasteiger partial charge is 0.465 e. The minimum absolute atomic E-state index is 0.0880. The van der Waals surface area contributed by atoms with Crippen molar-refractivity contribution in [2.45, 2.75) is 64.6 Å². The van der Waals surface area contributed by atoms with Crippen molar-refractivity contribution >= 4 is 24.9 Å². The van der Waals surface area contributed by atoms with Gasteiger partial charge in [-0.3, -0.25) is 9.69 Å². The van der Waals surface area contributed by atoms with Gasteiger partial charge in [0.1, 0.15) is 17.6 Å². The number of ether oxygens (including phenoxy) is 1. The van der Waals surface area contributed by atoms with Crippen molar-refractivity contribution in [2.75, 3.05) is 19.3 Å². The monoisotopic (exact) mass is 758 g/mol. The molecule has 1 saturated heterocycles. The number of aromatic amines is 2. The standard InChI is InChI=1S/C47H50N6O2Si/c1-6-31-23-38(48-27-31)35-19-21-37-41-25-36-24-34(20-22-40(36)53(41)47(55-43(37)26-35)33-17-13-10-14-18-33)39-28-49-45(50-39)42-29-56(4,5)30-52(42)46(54)44(51(7-2)8-3)32-15-11-9-12-16-32/h9-28,42,44,47-48H,6-8,29-30H2,1-5H3,(H,49,50). The lowest BCUT2D eigenvalue weighted by Crippen LogP contribution is -2.44. The Balaban J connectivity index is 1.07. The van der Waals surface area contributed by atoms with Crippen molar-refractivity contribution in [1.29, 1.82) is 0 Å². The quantitative estimate of drug-likeness (QED) is 0.136. The third-order valence-corrected chi connectivity index (χ3v) is 14.6. The van der Waals surface area contributed by atoms with Crippen LogP contribution in [0.2, 0.25) is 19.1 Å². The first kappa shape index (κ1) is 36.0. The summed E-state index contributed by atoms with van der Waals surface area (Å²) in [5.41, 5.74) is 10.9. The van der Waals surface area contributed by atoms with Crippen LogP contribution >= 0.6 is 0 Å². The molecule has 284 valence electrons. The van der Waals surface area contributed by atoms with E-state index in [1.54, 1.807) is 0 Å². The number of fused-ring (bicyclic) bond motifs is 5. The van der Waals surface area contributed by atoms with Gasteiger partial charge >= 0.3 is 0 Å². The zero-order valence-corrected chi connectivity index (χ0v) is 33.9. The zero-order chi connectivity index (χ0) is 38.6. The van der Waals surface area contributed by atoms with Crippen LogP contribution in [0, 0.1) is 0 Å². The first-order valence-corrected chi connectivity index (χ1v) is 23.5. The Labute approximate surface area is 330 Å². The van der Waals surface area contributed by atoms with Gasteiger partial charge in [0.05, 0.1) is 37.2 Å². The number of benzene rings is 4. The first-order chi connectivity index (χ1) is 27.2. The molecule has 0 saturated carbocycles. The topological polar surface area (TPSA) is 82.2 Å². The lowest BCUT2D eigenvalue weighted by molar-refractivity contribution is -0.138. The van der Waals surface area contributed by atoms with E-state index in [0.29, 0.717) is 0 Å². The molecule has 8 nitrogen and oxygen atoms in total. The van der Waals surface area contributed by atoms with Crippen LogP contribution in [0.3, 0.4) is 0 Å². The lowest BCUT2D eigenvalue weighted by atomic mass is 10.0. The van der Waals surface area contributed by atoms with E-state index in [1.807, 2.05) is 30.5 Å². The minimum atomic E-state index is -1.70. The summed E-state index contributed by atoms with van der Waals surface area (Å²) in [6.07, 6.45) is 5.51. The molecule has 2 N–H and O–H groups in total. The third kappa shape index (κ3) is 6.38. The van der Waals surface area contributed by atoms with Gasteiger partial charge in [0, 0.05) is 45.7 Å². The minimum Gasteiger partial charge on any atom is -0.465 e. The Hall–Kier alpha value is -5.64. The van der Waals surface area contributed by atoms with Gasteiger partial charge in [0.25, 0.3) is 0 Å². The number of hydrogen-bond acceptors (Lipinski definition) is 4. The molecule has 3 atom stereocenters. The molecule has 2 aliphatic rings. The number of aromatic nitrogens is 4. The number of carbonyl (C=O) groups is 1. The molecule has 2 aliphatic heterocycles. The molecule has 56 heavy (non-hydrogen) atoms. The summed E-state index contributed by atoms with van der Waals surface area (Å²) in [6, 6.07) is 39.0. The molecule has 3 aromatic heterocycles. The SMILES string of the molecule is CCc1c[nH]c(-c2ccc3c(c2)OC(c2ccccc2)n2c-3cc3cc(-c4cnc(C5C[Si](C)(C)CN5C(=O)C(c5ccccc5)N(CC)CC)[nH]4)ccc32)c1. The second-order valence-corrected chi connectivity index (χ2v) is 21.2. The van der Waals surface area contributed by atoms with E-state index in [2.05, 4.69) is 149 Å². The lowest BCUT2D eigenvalue weighted by Gasteiger charge is -2.34. The number of H-pyrrole nitrogens is 2. The van der Waals surface area contributed by atoms with Crippen LogP contribution in [0.1, 0.15) is 61.6 Å². The van der Waals surface area contributed by atoms with Crippen molar-refractivity contribution in [1.82, 2.24) is 29.3 Å². The molecule has 4 aromatic carbocycles. The Morgan fingerprint density at radius 3 is 2.36 bits per heavy atom. The van der Waals surface area contributed by atoms with Crippen molar-refractivity contribution in [2.24, 2.45) is 0 Å². The highest BCUT2D eigenvalue weighted by atomic mass is 28.3. The molecule has 7 aromatic rings. The maximum Gasteiger partial charge on any atom is 0.244 e. The van der Waals surface area contributed by atoms with E-state index in [4.69, 9.17) is 9.72 Å². The van der Waals surface area contributed by atoms with E-state index in [9.17, 15) is 4.79 Å². The van der Waals surface area contributed by atoms with Crippen molar-refractivity contribution in [3.63, 3.8) is 0 Å². The number of imidazole rings is 1. The fourth-order valence-electron chi connectivity index (χ4n) is 8.97. The van der Waals surface area contributed by atoms with Gasteiger partial charge in [-0.25, -0.2) is 4.98 Å². The number of nitrogens with zero attached hydrogens (tertiary/aromatic N) is 4. The summed E-state index contributed by atoms with van der Waals surface area (Å²) in [5, 5.41) is 1.13. The fraction of sp³-hybridized carbons (Fsp3) is 0.277. The highest BCUT2D eigenvalue weighted by Crippen LogP contribution is 2.46. The molecule has 3 unspecified atom stereocenters. The van der Waals surface area contributed by atoms with Gasteiger partial charge in [-0.1, -0.05) is 107 Å². The number of hydrogen-bond donors (Lipinski definition) is 2. The van der Waals surface area contributed by atoms with Gasteiger partial charge < -0.3 is 24.2 Å². The maximum absolute atomic E-state index is 14.7. The van der Waals surface area contributed by atoms with Crippen LogP contribution in [-0.2, 0) is 11.2 Å². The highest BCUT2D eigenvalue weighted by molar-refractivity contribution is 6.78. The average Bonchev–Trinajstić information content (AvgIpc) is 4.04. The number of amides is 1. The number of rotatable bonds is 10. The van der Waals surface area contributed by atoms with Gasteiger partial charge in [-0.2, -0.15) is 0 Å². The summed E-state index contributed by atoms with van der Waals surface area (Å²) >= 11 is 0. The van der Waals surface area contributed by atoms with E-state index >= 15 is 0 Å². The van der Waals surface area contributed by atoms with Crippen LogP contribution < -0.4 is 4.74 Å². The van der Waals surface area contributed by atoms with Gasteiger partial charge in [0.15, 0.2) is 0 Å². The van der Waals surface area contributed by atoms with E-state index in [0.717, 1.165) is 99.1 Å². The summed E-state index contributed by atoms with van der Waals surface area (Å²) in [6.45, 7) is 12.8. The van der Waals surface area contributed by atoms with Gasteiger partial charge in [-0.15, -0.1) is 0 Å². The smallest absolute Gasteiger partial charge is 0.244 e. The number of likely N-dealkylation sites (N-methyl/N-ethyl adjacent to an activating group) is 1. The summed E-state index contributed by atoms with van der Waals surface area (Å²) < 4.78 is 9.23. The van der Waals surface area contributed by atoms with Gasteiger partial charge in [0.2, 0.25) is 12.1 Å². The van der Waals surface area contributed by atoms with Crippen LogP contribution in [0.25, 0.3) is 44.7 Å². The molecule has 0 aliphatic carbocycles. The molecular weight excluding hydrogens is 709 g/mol. The van der Waals surface area contributed by atoms with E-state index in [1.165, 1.54) is 5.56 Å². The summed E-state index contributed by atoms with van der Waals surface area (Å²) in [4.78, 5) is 31.2. The molecule has 1 fully saturated rings. The van der Waals surface area contributed by atoms with Gasteiger partial charge in [-0.05, 0) is 73.1 Å². The van der Waals surface area contributed by atoms with Crippen LogP contribution in [0.4, 0.5) is 0 Å². The molecule has 0 bridgehead atoms. The van der Waals surface area contributed by atoms with E-state index < -0.39 is 8.07 Å². The Bertz CT molecular complexity index is 2510. The highest BCUT2D eigenvalue weighted by Gasteiger charge is 2.46. The van der Waals surface area contributed by atoms with Crippen molar-refractivity contribution in [3.8, 4) is 39.5 Å². The number of nitrogens with one attached hydrogen (secondary N) is 2. The molecule has 9 heteroatoms. The molecule has 0 spiro atoms. The van der Waals surface area contributed by atoms with Crippen molar-refractivity contribution in [3.05, 3.63) is 144 Å². The second-order valence-electron chi connectivity index (χ2n) is 16.1.